The highest BCUT2D eigenvalue weighted by Gasteiger charge is 2.15. The van der Waals surface area contributed by atoms with Gasteiger partial charge in [0.25, 0.3) is 0 Å². The van der Waals surface area contributed by atoms with Crippen LogP contribution < -0.4 is 0 Å². The van der Waals surface area contributed by atoms with Crippen LogP contribution in [-0.4, -0.2) is 15.7 Å². The third kappa shape index (κ3) is 5.21. The van der Waals surface area contributed by atoms with Crippen LogP contribution in [0.5, 0.6) is 0 Å². The maximum absolute atomic E-state index is 12.5. The molecule has 0 aliphatic rings. The van der Waals surface area contributed by atoms with Gasteiger partial charge in [-0.25, -0.2) is 4.79 Å². The van der Waals surface area contributed by atoms with Crippen LogP contribution in [0.4, 0.5) is 0 Å². The first-order valence-corrected chi connectivity index (χ1v) is 9.45. The number of benzene rings is 2. The lowest BCUT2D eigenvalue weighted by molar-refractivity contribution is -0.139. The molecule has 6 heteroatoms. The van der Waals surface area contributed by atoms with Gasteiger partial charge in [-0.15, -0.1) is 0 Å². The molecular weight excluding hydrogens is 376 g/mol. The van der Waals surface area contributed by atoms with Crippen LogP contribution in [-0.2, 0) is 22.7 Å². The molecule has 0 spiro atoms. The van der Waals surface area contributed by atoms with Crippen molar-refractivity contribution in [2.24, 2.45) is 0 Å². The predicted octanol–water partition coefficient (Wildman–Crippen LogP) is 4.42. The van der Waals surface area contributed by atoms with Crippen molar-refractivity contribution in [2.75, 3.05) is 0 Å². The number of ether oxygens (including phenoxy) is 1. The molecule has 1 aromatic heterocycles. The van der Waals surface area contributed by atoms with E-state index in [2.05, 4.69) is 11.2 Å². The van der Waals surface area contributed by atoms with Gasteiger partial charge < -0.3 is 4.74 Å². The minimum absolute atomic E-state index is 0.0884. The lowest BCUT2D eigenvalue weighted by Crippen LogP contribution is -2.06. The van der Waals surface area contributed by atoms with Gasteiger partial charge in [0.05, 0.1) is 24.7 Å². The van der Waals surface area contributed by atoms with E-state index in [4.69, 9.17) is 10.00 Å². The highest BCUT2D eigenvalue weighted by Crippen LogP contribution is 2.24. The fourth-order valence-corrected chi connectivity index (χ4v) is 2.85. The summed E-state index contributed by atoms with van der Waals surface area (Å²) in [7, 11) is 0. The van der Waals surface area contributed by atoms with E-state index in [1.165, 1.54) is 6.08 Å². The summed E-state index contributed by atoms with van der Waals surface area (Å²) in [5, 5.41) is 22.9. The fraction of sp³-hybridized carbons (Fsp3) is 0.167. The minimum Gasteiger partial charge on any atom is -0.457 e. The summed E-state index contributed by atoms with van der Waals surface area (Å²) >= 11 is 0. The molecule has 30 heavy (non-hydrogen) atoms. The van der Waals surface area contributed by atoms with Gasteiger partial charge in [0.2, 0.25) is 0 Å². The average Bonchev–Trinajstić information content (AvgIpc) is 3.18. The summed E-state index contributed by atoms with van der Waals surface area (Å²) in [5.74, 6) is -0.693. The van der Waals surface area contributed by atoms with E-state index < -0.39 is 5.97 Å². The molecule has 0 unspecified atom stereocenters. The van der Waals surface area contributed by atoms with Crippen molar-refractivity contribution in [1.29, 1.82) is 10.5 Å². The second-order valence-electron chi connectivity index (χ2n) is 6.70. The minimum atomic E-state index is -0.693. The second kappa shape index (κ2) is 9.86. The third-order valence-corrected chi connectivity index (χ3v) is 4.42. The average molecular weight is 396 g/mol. The van der Waals surface area contributed by atoms with Crippen molar-refractivity contribution in [3.63, 3.8) is 0 Å². The molecule has 0 N–H and O–H groups in total. The highest BCUT2D eigenvalue weighted by atomic mass is 16.5. The first-order chi connectivity index (χ1) is 14.6. The number of carbonyl (C=O) groups excluding carboxylic acids is 1. The molecule has 148 valence electrons. The van der Waals surface area contributed by atoms with E-state index >= 15 is 0 Å². The van der Waals surface area contributed by atoms with E-state index in [0.29, 0.717) is 24.2 Å². The summed E-state index contributed by atoms with van der Waals surface area (Å²) in [5.41, 5.74) is 3.95. The van der Waals surface area contributed by atoms with Crippen LogP contribution >= 0.6 is 0 Å². The summed E-state index contributed by atoms with van der Waals surface area (Å²) in [4.78, 5) is 12.5. The van der Waals surface area contributed by atoms with E-state index in [1.54, 1.807) is 10.9 Å². The smallest absolute Gasteiger partial charge is 0.349 e. The molecular formula is C24H20N4O2. The van der Waals surface area contributed by atoms with Crippen molar-refractivity contribution in [3.8, 4) is 23.4 Å². The molecule has 0 saturated carbocycles. The van der Waals surface area contributed by atoms with Gasteiger partial charge in [0, 0.05) is 17.3 Å². The maximum Gasteiger partial charge on any atom is 0.349 e. The highest BCUT2D eigenvalue weighted by molar-refractivity contribution is 5.98. The molecule has 0 bridgehead atoms. The molecule has 0 aliphatic heterocycles. The fourth-order valence-electron chi connectivity index (χ4n) is 2.85. The summed E-state index contributed by atoms with van der Waals surface area (Å²) < 4.78 is 6.95. The number of hydrogen-bond acceptors (Lipinski definition) is 5. The Labute approximate surface area is 175 Å². The van der Waals surface area contributed by atoms with Crippen LogP contribution in [0.15, 0.2) is 66.4 Å². The Balaban J connectivity index is 1.85. The van der Waals surface area contributed by atoms with Gasteiger partial charge in [0.15, 0.2) is 0 Å². The summed E-state index contributed by atoms with van der Waals surface area (Å²) in [6, 6.07) is 21.1. The van der Waals surface area contributed by atoms with Crippen molar-refractivity contribution in [3.05, 3.63) is 83.1 Å². The number of carbonyl (C=O) groups is 1. The molecule has 0 saturated heterocycles. The molecule has 0 atom stereocenters. The monoisotopic (exact) mass is 396 g/mol. The number of rotatable bonds is 7. The first-order valence-electron chi connectivity index (χ1n) is 9.45. The van der Waals surface area contributed by atoms with Crippen LogP contribution in [0, 0.1) is 29.6 Å². The van der Waals surface area contributed by atoms with Crippen LogP contribution in [0.3, 0.4) is 0 Å². The quantitative estimate of drug-likeness (QED) is 0.335. The zero-order valence-corrected chi connectivity index (χ0v) is 16.6. The number of aryl methyl sites for hydroxylation is 2. The van der Waals surface area contributed by atoms with Crippen LogP contribution in [0.25, 0.3) is 17.3 Å². The van der Waals surface area contributed by atoms with Crippen molar-refractivity contribution in [1.82, 2.24) is 9.78 Å². The normalized spacial score (nSPS) is 10.8. The van der Waals surface area contributed by atoms with Gasteiger partial charge in [-0.1, -0.05) is 60.2 Å². The second-order valence-corrected chi connectivity index (χ2v) is 6.70. The van der Waals surface area contributed by atoms with Crippen molar-refractivity contribution < 1.29 is 9.53 Å². The van der Waals surface area contributed by atoms with Crippen LogP contribution in [0.1, 0.15) is 23.1 Å². The van der Waals surface area contributed by atoms with E-state index in [9.17, 15) is 10.1 Å². The summed E-state index contributed by atoms with van der Waals surface area (Å²) in [6.07, 6.45) is 3.52. The predicted molar refractivity (Wildman–Crippen MR) is 112 cm³/mol. The lowest BCUT2D eigenvalue weighted by atomic mass is 10.1. The number of nitriles is 2. The lowest BCUT2D eigenvalue weighted by Gasteiger charge is -2.05. The number of aromatic nitrogens is 2. The number of nitrogens with zero attached hydrogens (tertiary/aromatic N) is 4. The Morgan fingerprint density at radius 2 is 1.87 bits per heavy atom. The standard InChI is InChI=1S/C24H20N4O2/c1-18-8-10-19(11-9-18)17-30-24(29)21(15-26)14-22-16-28(13-5-12-25)27-23(22)20-6-3-2-4-7-20/h2-4,6-11,14,16H,5,13,17H2,1H3/b21-14+. The Morgan fingerprint density at radius 3 is 2.53 bits per heavy atom. The van der Waals surface area contributed by atoms with Crippen molar-refractivity contribution in [2.45, 2.75) is 26.5 Å². The molecule has 6 nitrogen and oxygen atoms in total. The molecule has 3 aromatic rings. The van der Waals surface area contributed by atoms with Gasteiger partial charge in [-0.3, -0.25) is 4.68 Å². The van der Waals surface area contributed by atoms with Gasteiger partial charge in [-0.05, 0) is 18.6 Å². The molecule has 0 radical (unpaired) electrons. The third-order valence-electron chi connectivity index (χ3n) is 4.42. The first kappa shape index (κ1) is 20.6. The molecule has 1 heterocycles. The molecule has 0 aliphatic carbocycles. The molecule has 0 fully saturated rings. The molecule has 2 aromatic carbocycles. The van der Waals surface area contributed by atoms with E-state index in [1.807, 2.05) is 67.6 Å². The Kier molecular flexibility index (Phi) is 6.76. The number of hydrogen-bond donors (Lipinski definition) is 0. The van der Waals surface area contributed by atoms with E-state index in [0.717, 1.165) is 16.7 Å². The van der Waals surface area contributed by atoms with Crippen LogP contribution in [0.2, 0.25) is 0 Å². The van der Waals surface area contributed by atoms with E-state index in [-0.39, 0.29) is 12.2 Å². The zero-order chi connectivity index (χ0) is 21.3. The number of esters is 1. The van der Waals surface area contributed by atoms with Crippen molar-refractivity contribution >= 4 is 12.0 Å². The summed E-state index contributed by atoms with van der Waals surface area (Å²) in [6.45, 7) is 2.49. The Morgan fingerprint density at radius 1 is 1.13 bits per heavy atom. The Bertz CT molecular complexity index is 1130. The largest absolute Gasteiger partial charge is 0.457 e. The topological polar surface area (TPSA) is 91.7 Å². The zero-order valence-electron chi connectivity index (χ0n) is 16.6. The Hall–Kier alpha value is -4.16. The maximum atomic E-state index is 12.5. The SMILES string of the molecule is Cc1ccc(COC(=O)/C(C#N)=C/c2cn(CCC#N)nc2-c2ccccc2)cc1. The molecule has 0 amide bonds. The van der Waals surface area contributed by atoms with Gasteiger partial charge >= 0.3 is 5.97 Å². The van der Waals surface area contributed by atoms with Gasteiger partial charge in [0.1, 0.15) is 18.2 Å². The van der Waals surface area contributed by atoms with Gasteiger partial charge in [-0.2, -0.15) is 15.6 Å². The molecule has 3 rings (SSSR count).